The van der Waals surface area contributed by atoms with Crippen LogP contribution in [-0.4, -0.2) is 57.4 Å². The van der Waals surface area contributed by atoms with Crippen LogP contribution in [0.5, 0.6) is 0 Å². The minimum atomic E-state index is -1.01. The van der Waals surface area contributed by atoms with Crippen LogP contribution >= 0.6 is 0 Å². The zero-order valence-corrected chi connectivity index (χ0v) is 15.4. The Morgan fingerprint density at radius 3 is 1.75 bits per heavy atom. The molecule has 1 aliphatic rings. The molecule has 5 N–H and O–H groups in total. The van der Waals surface area contributed by atoms with Crippen LogP contribution in [0.4, 0.5) is 0 Å². The van der Waals surface area contributed by atoms with E-state index in [-0.39, 0.29) is 6.61 Å². The molecule has 0 unspecified atom stereocenters. The van der Waals surface area contributed by atoms with Crippen LogP contribution in [-0.2, 0) is 0 Å². The van der Waals surface area contributed by atoms with Crippen molar-refractivity contribution >= 4 is 0 Å². The molecule has 0 bridgehead atoms. The first-order chi connectivity index (χ1) is 11.6. The Balaban J connectivity index is 1.97. The molecule has 0 saturated carbocycles. The van der Waals surface area contributed by atoms with Crippen LogP contribution in [0.3, 0.4) is 0 Å². The van der Waals surface area contributed by atoms with E-state index in [0.29, 0.717) is 6.42 Å². The molecule has 0 aliphatic carbocycles. The molecular formula is C19H39NO4. The zero-order chi connectivity index (χ0) is 17.8. The Kier molecular flexibility index (Phi) is 11.9. The van der Waals surface area contributed by atoms with E-state index in [1.165, 1.54) is 57.8 Å². The lowest BCUT2D eigenvalue weighted by molar-refractivity contribution is -0.00443. The van der Waals surface area contributed by atoms with Crippen LogP contribution in [0.15, 0.2) is 0 Å². The van der Waals surface area contributed by atoms with Gasteiger partial charge in [-0.15, -0.1) is 0 Å². The van der Waals surface area contributed by atoms with Gasteiger partial charge in [-0.3, -0.25) is 0 Å². The standard InChI is InChI=1S/C19H39NO4/c1-2-3-4-5-6-7-8-9-10-11-12-13-16(22)17-19(24)18(23)15(14-21)20-17/h15-24H,2-14H2,1H3/t15-,16+,17-,18-,19-/m1/s1. The summed E-state index contributed by atoms with van der Waals surface area (Å²) < 4.78 is 0. The van der Waals surface area contributed by atoms with Gasteiger partial charge < -0.3 is 25.7 Å². The predicted molar refractivity (Wildman–Crippen MR) is 96.9 cm³/mol. The molecule has 0 amide bonds. The fourth-order valence-corrected chi connectivity index (χ4v) is 3.59. The molecule has 1 rings (SSSR count). The monoisotopic (exact) mass is 345 g/mol. The summed E-state index contributed by atoms with van der Waals surface area (Å²) in [6.07, 6.45) is 11.8. The van der Waals surface area contributed by atoms with Crippen molar-refractivity contribution in [3.8, 4) is 0 Å². The molecule has 5 heteroatoms. The second kappa shape index (κ2) is 13.1. The fourth-order valence-electron chi connectivity index (χ4n) is 3.59. The number of unbranched alkanes of at least 4 members (excludes halogenated alkanes) is 10. The van der Waals surface area contributed by atoms with Crippen molar-refractivity contribution in [2.75, 3.05) is 6.61 Å². The van der Waals surface area contributed by atoms with Gasteiger partial charge in [-0.25, -0.2) is 0 Å². The van der Waals surface area contributed by atoms with E-state index >= 15 is 0 Å². The fraction of sp³-hybridized carbons (Fsp3) is 1.00. The summed E-state index contributed by atoms with van der Waals surface area (Å²) >= 11 is 0. The molecule has 0 radical (unpaired) electrons. The highest BCUT2D eigenvalue weighted by Crippen LogP contribution is 2.20. The number of nitrogens with one attached hydrogen (secondary N) is 1. The van der Waals surface area contributed by atoms with Crippen molar-refractivity contribution in [1.29, 1.82) is 0 Å². The third-order valence-corrected chi connectivity index (χ3v) is 5.25. The molecule has 0 aromatic rings. The Morgan fingerprint density at radius 1 is 0.792 bits per heavy atom. The van der Waals surface area contributed by atoms with Crippen LogP contribution < -0.4 is 5.32 Å². The smallest absolute Gasteiger partial charge is 0.0993 e. The van der Waals surface area contributed by atoms with Gasteiger partial charge in [0.05, 0.1) is 37.0 Å². The van der Waals surface area contributed by atoms with E-state index in [0.717, 1.165) is 12.8 Å². The van der Waals surface area contributed by atoms with Gasteiger partial charge in [0.25, 0.3) is 0 Å². The third-order valence-electron chi connectivity index (χ3n) is 5.25. The lowest BCUT2D eigenvalue weighted by Gasteiger charge is -2.22. The molecule has 5 atom stereocenters. The van der Waals surface area contributed by atoms with E-state index in [1.54, 1.807) is 0 Å². The molecular weight excluding hydrogens is 306 g/mol. The SMILES string of the molecule is CCCCCCCCCCCCC[C@H](O)[C@H]1N[C@H](CO)[C@@H](O)[C@@H]1O. The van der Waals surface area contributed by atoms with E-state index in [2.05, 4.69) is 12.2 Å². The van der Waals surface area contributed by atoms with Crippen LogP contribution in [0.25, 0.3) is 0 Å². The molecule has 144 valence electrons. The highest BCUT2D eigenvalue weighted by Gasteiger charge is 2.43. The van der Waals surface area contributed by atoms with Crippen LogP contribution in [0.1, 0.15) is 84.0 Å². The number of hydrogen-bond acceptors (Lipinski definition) is 5. The molecule has 1 saturated heterocycles. The summed E-state index contributed by atoms with van der Waals surface area (Å²) in [6, 6.07) is -1.09. The van der Waals surface area contributed by atoms with Gasteiger partial charge in [-0.05, 0) is 6.42 Å². The average molecular weight is 346 g/mol. The lowest BCUT2D eigenvalue weighted by Crippen LogP contribution is -2.44. The van der Waals surface area contributed by atoms with Gasteiger partial charge in [0.15, 0.2) is 0 Å². The Bertz CT molecular complexity index is 303. The second-order valence-electron chi connectivity index (χ2n) is 7.35. The zero-order valence-electron chi connectivity index (χ0n) is 15.4. The molecule has 1 fully saturated rings. The quantitative estimate of drug-likeness (QED) is 0.311. The number of hydrogen-bond donors (Lipinski definition) is 5. The maximum Gasteiger partial charge on any atom is 0.0993 e. The van der Waals surface area contributed by atoms with Crippen molar-refractivity contribution in [2.24, 2.45) is 0 Å². The molecule has 0 spiro atoms. The summed E-state index contributed by atoms with van der Waals surface area (Å²) in [5.74, 6) is 0. The van der Waals surface area contributed by atoms with Crippen molar-refractivity contribution in [2.45, 2.75) is 114 Å². The summed E-state index contributed by atoms with van der Waals surface area (Å²) in [7, 11) is 0. The Morgan fingerprint density at radius 2 is 1.29 bits per heavy atom. The highest BCUT2D eigenvalue weighted by molar-refractivity contribution is 5.00. The van der Waals surface area contributed by atoms with Crippen molar-refractivity contribution in [3.63, 3.8) is 0 Å². The Labute approximate surface area is 147 Å². The number of rotatable bonds is 14. The van der Waals surface area contributed by atoms with E-state index in [1.807, 2.05) is 0 Å². The first-order valence-corrected chi connectivity index (χ1v) is 10.0. The van der Waals surface area contributed by atoms with Crippen molar-refractivity contribution in [1.82, 2.24) is 5.32 Å². The van der Waals surface area contributed by atoms with Gasteiger partial charge in [0.1, 0.15) is 0 Å². The predicted octanol–water partition coefficient (Wildman–Crippen LogP) is 2.10. The second-order valence-corrected chi connectivity index (χ2v) is 7.35. The van der Waals surface area contributed by atoms with E-state index < -0.39 is 30.4 Å². The van der Waals surface area contributed by atoms with Crippen LogP contribution in [0.2, 0.25) is 0 Å². The first kappa shape index (κ1) is 21.8. The summed E-state index contributed by atoms with van der Waals surface area (Å²) in [4.78, 5) is 0. The first-order valence-electron chi connectivity index (χ1n) is 10.0. The molecule has 0 aromatic heterocycles. The highest BCUT2D eigenvalue weighted by atomic mass is 16.3. The number of aliphatic hydroxyl groups excluding tert-OH is 4. The maximum atomic E-state index is 10.2. The topological polar surface area (TPSA) is 93.0 Å². The van der Waals surface area contributed by atoms with Crippen molar-refractivity contribution in [3.05, 3.63) is 0 Å². The van der Waals surface area contributed by atoms with Gasteiger partial charge in [-0.2, -0.15) is 0 Å². The summed E-state index contributed by atoms with van der Waals surface area (Å²) in [5.41, 5.74) is 0. The molecule has 0 aromatic carbocycles. The van der Waals surface area contributed by atoms with E-state index in [4.69, 9.17) is 5.11 Å². The molecule has 1 aliphatic heterocycles. The van der Waals surface area contributed by atoms with Gasteiger partial charge in [-0.1, -0.05) is 77.6 Å². The maximum absolute atomic E-state index is 10.2. The average Bonchev–Trinajstić information content (AvgIpc) is 2.87. The summed E-state index contributed by atoms with van der Waals surface area (Å²) in [5, 5.41) is 41.9. The Hall–Kier alpha value is -0.200. The normalized spacial score (nSPS) is 28.4. The minimum Gasteiger partial charge on any atom is -0.395 e. The third kappa shape index (κ3) is 7.79. The number of aliphatic hydroxyl groups is 4. The van der Waals surface area contributed by atoms with Crippen LogP contribution in [0, 0.1) is 0 Å². The minimum absolute atomic E-state index is 0.236. The largest absolute Gasteiger partial charge is 0.395 e. The van der Waals surface area contributed by atoms with Gasteiger partial charge in [0.2, 0.25) is 0 Å². The summed E-state index contributed by atoms with van der Waals surface area (Å²) in [6.45, 7) is 2.01. The van der Waals surface area contributed by atoms with E-state index in [9.17, 15) is 15.3 Å². The lowest BCUT2D eigenvalue weighted by atomic mass is 9.98. The van der Waals surface area contributed by atoms with Crippen molar-refractivity contribution < 1.29 is 20.4 Å². The molecule has 5 nitrogen and oxygen atoms in total. The van der Waals surface area contributed by atoms with Gasteiger partial charge >= 0.3 is 0 Å². The molecule has 24 heavy (non-hydrogen) atoms. The molecule has 1 heterocycles. The van der Waals surface area contributed by atoms with Gasteiger partial charge in [0, 0.05) is 0 Å².